The molecule has 1 fully saturated rings. The largest absolute Gasteiger partial charge is 0.365 e. The highest BCUT2D eigenvalue weighted by molar-refractivity contribution is 5.97. The highest BCUT2D eigenvalue weighted by atomic mass is 16.2. The smallest absolute Gasteiger partial charge is 0.252 e. The summed E-state index contributed by atoms with van der Waals surface area (Å²) in [6.45, 7) is 3.06. The number of anilines is 1. The lowest BCUT2D eigenvalue weighted by molar-refractivity contribution is -0.131. The highest BCUT2D eigenvalue weighted by Gasteiger charge is 2.23. The van der Waals surface area contributed by atoms with Crippen molar-refractivity contribution in [2.75, 3.05) is 37.6 Å². The molecule has 1 aliphatic heterocycles. The van der Waals surface area contributed by atoms with Gasteiger partial charge in [-0.2, -0.15) is 0 Å². The molecule has 1 aromatic heterocycles. The normalized spacial score (nSPS) is 15.1. The van der Waals surface area contributed by atoms with E-state index in [-0.39, 0.29) is 5.91 Å². The molecule has 0 radical (unpaired) electrons. The number of nitrogens with two attached hydrogens (primary N) is 2. The summed E-state index contributed by atoms with van der Waals surface area (Å²) < 4.78 is 0. The number of carbonyl (C=O) groups is 2. The van der Waals surface area contributed by atoms with Crippen molar-refractivity contribution in [3.05, 3.63) is 23.9 Å². The SMILES string of the molecule is NCCCC(=O)N1CCN(c2ncccc2C(N)=O)CC1. The van der Waals surface area contributed by atoms with Gasteiger partial charge in [-0.25, -0.2) is 4.98 Å². The Bertz CT molecular complexity index is 512. The van der Waals surface area contributed by atoms with Crippen molar-refractivity contribution in [1.82, 2.24) is 9.88 Å². The van der Waals surface area contributed by atoms with Crippen LogP contribution in [0.1, 0.15) is 23.2 Å². The molecule has 21 heavy (non-hydrogen) atoms. The molecule has 0 aliphatic carbocycles. The summed E-state index contributed by atoms with van der Waals surface area (Å²) in [5.74, 6) is 0.245. The molecule has 2 amide bonds. The summed E-state index contributed by atoms with van der Waals surface area (Å²) in [7, 11) is 0. The van der Waals surface area contributed by atoms with Crippen molar-refractivity contribution in [3.63, 3.8) is 0 Å². The van der Waals surface area contributed by atoms with Gasteiger partial charge < -0.3 is 21.3 Å². The molecule has 0 saturated carbocycles. The van der Waals surface area contributed by atoms with Gasteiger partial charge in [-0.15, -0.1) is 0 Å². The van der Waals surface area contributed by atoms with E-state index in [2.05, 4.69) is 4.98 Å². The molecule has 2 heterocycles. The first-order chi connectivity index (χ1) is 10.1. The van der Waals surface area contributed by atoms with Gasteiger partial charge in [0.2, 0.25) is 5.91 Å². The molecule has 0 bridgehead atoms. The molecular formula is C14H21N5O2. The Morgan fingerprint density at radius 3 is 2.57 bits per heavy atom. The van der Waals surface area contributed by atoms with Gasteiger partial charge in [0.15, 0.2) is 0 Å². The molecule has 1 aliphatic rings. The number of hydrogen-bond donors (Lipinski definition) is 2. The number of hydrogen-bond acceptors (Lipinski definition) is 5. The van der Waals surface area contributed by atoms with Crippen molar-refractivity contribution in [3.8, 4) is 0 Å². The molecular weight excluding hydrogens is 270 g/mol. The van der Waals surface area contributed by atoms with Gasteiger partial charge >= 0.3 is 0 Å². The molecule has 1 aromatic rings. The lowest BCUT2D eigenvalue weighted by atomic mass is 10.2. The molecule has 7 heteroatoms. The predicted molar refractivity (Wildman–Crippen MR) is 79.8 cm³/mol. The zero-order valence-corrected chi connectivity index (χ0v) is 12.0. The number of amides is 2. The first kappa shape index (κ1) is 15.2. The second-order valence-corrected chi connectivity index (χ2v) is 5.00. The standard InChI is InChI=1S/C14H21N5O2/c15-5-1-4-12(20)18-7-9-19(10-8-18)14-11(13(16)21)3-2-6-17-14/h2-3,6H,1,4-5,7-10,15H2,(H2,16,21). The van der Waals surface area contributed by atoms with Crippen LogP contribution in [-0.4, -0.2) is 54.4 Å². The summed E-state index contributed by atoms with van der Waals surface area (Å²) in [5.41, 5.74) is 11.2. The molecule has 114 valence electrons. The Hall–Kier alpha value is -2.15. The molecule has 0 unspecified atom stereocenters. The van der Waals surface area contributed by atoms with Crippen molar-refractivity contribution >= 4 is 17.6 Å². The van der Waals surface area contributed by atoms with E-state index in [1.165, 1.54) is 0 Å². The van der Waals surface area contributed by atoms with Gasteiger partial charge in [0, 0.05) is 38.8 Å². The van der Waals surface area contributed by atoms with Crippen LogP contribution in [0.2, 0.25) is 0 Å². The Balaban J connectivity index is 1.98. The molecule has 2 rings (SSSR count). The highest BCUT2D eigenvalue weighted by Crippen LogP contribution is 2.18. The quantitative estimate of drug-likeness (QED) is 0.765. The van der Waals surface area contributed by atoms with E-state index >= 15 is 0 Å². The minimum atomic E-state index is -0.487. The number of nitrogens with zero attached hydrogens (tertiary/aromatic N) is 3. The van der Waals surface area contributed by atoms with Crippen molar-refractivity contribution in [2.24, 2.45) is 11.5 Å². The van der Waals surface area contributed by atoms with Gasteiger partial charge in [0.25, 0.3) is 5.91 Å². The Morgan fingerprint density at radius 1 is 1.24 bits per heavy atom. The maximum Gasteiger partial charge on any atom is 0.252 e. The first-order valence-corrected chi connectivity index (χ1v) is 7.11. The van der Waals surface area contributed by atoms with Crippen LogP contribution in [-0.2, 0) is 4.79 Å². The van der Waals surface area contributed by atoms with Gasteiger partial charge in [0.1, 0.15) is 5.82 Å². The lowest BCUT2D eigenvalue weighted by Gasteiger charge is -2.36. The third kappa shape index (κ3) is 3.69. The minimum Gasteiger partial charge on any atom is -0.365 e. The average molecular weight is 291 g/mol. The lowest BCUT2D eigenvalue weighted by Crippen LogP contribution is -2.49. The van der Waals surface area contributed by atoms with Crippen LogP contribution < -0.4 is 16.4 Å². The second kappa shape index (κ2) is 7.03. The van der Waals surface area contributed by atoms with Crippen LogP contribution in [0.4, 0.5) is 5.82 Å². The Morgan fingerprint density at radius 2 is 1.95 bits per heavy atom. The Labute approximate surface area is 123 Å². The molecule has 0 atom stereocenters. The van der Waals surface area contributed by atoms with E-state index in [0.717, 1.165) is 0 Å². The zero-order chi connectivity index (χ0) is 15.2. The van der Waals surface area contributed by atoms with Gasteiger partial charge in [-0.3, -0.25) is 9.59 Å². The predicted octanol–water partition coefficient (Wildman–Crippen LogP) is -0.432. The average Bonchev–Trinajstić information content (AvgIpc) is 2.52. The summed E-state index contributed by atoms with van der Waals surface area (Å²) in [4.78, 5) is 31.4. The van der Waals surface area contributed by atoms with Crippen molar-refractivity contribution in [2.45, 2.75) is 12.8 Å². The van der Waals surface area contributed by atoms with Crippen LogP contribution in [0.5, 0.6) is 0 Å². The van der Waals surface area contributed by atoms with E-state index in [9.17, 15) is 9.59 Å². The fourth-order valence-electron chi connectivity index (χ4n) is 2.42. The fourth-order valence-corrected chi connectivity index (χ4v) is 2.42. The van der Waals surface area contributed by atoms with E-state index in [0.29, 0.717) is 56.9 Å². The fraction of sp³-hybridized carbons (Fsp3) is 0.500. The van der Waals surface area contributed by atoms with E-state index in [1.54, 1.807) is 18.3 Å². The van der Waals surface area contributed by atoms with E-state index < -0.39 is 5.91 Å². The number of piperazine rings is 1. The molecule has 1 saturated heterocycles. The van der Waals surface area contributed by atoms with Crippen LogP contribution >= 0.6 is 0 Å². The van der Waals surface area contributed by atoms with Gasteiger partial charge in [-0.1, -0.05) is 0 Å². The van der Waals surface area contributed by atoms with Crippen molar-refractivity contribution < 1.29 is 9.59 Å². The first-order valence-electron chi connectivity index (χ1n) is 7.11. The number of aromatic nitrogens is 1. The monoisotopic (exact) mass is 291 g/mol. The van der Waals surface area contributed by atoms with Gasteiger partial charge in [0.05, 0.1) is 5.56 Å². The van der Waals surface area contributed by atoms with Crippen LogP contribution in [0.25, 0.3) is 0 Å². The molecule has 0 spiro atoms. The summed E-state index contributed by atoms with van der Waals surface area (Å²) >= 11 is 0. The summed E-state index contributed by atoms with van der Waals surface area (Å²) in [6, 6.07) is 3.36. The second-order valence-electron chi connectivity index (χ2n) is 5.00. The molecule has 7 nitrogen and oxygen atoms in total. The number of pyridine rings is 1. The van der Waals surface area contributed by atoms with Gasteiger partial charge in [-0.05, 0) is 25.1 Å². The van der Waals surface area contributed by atoms with Crippen LogP contribution in [0, 0.1) is 0 Å². The van der Waals surface area contributed by atoms with Crippen molar-refractivity contribution in [1.29, 1.82) is 0 Å². The molecule has 4 N–H and O–H groups in total. The third-order valence-corrected chi connectivity index (χ3v) is 3.58. The summed E-state index contributed by atoms with van der Waals surface area (Å²) in [5, 5.41) is 0. The third-order valence-electron chi connectivity index (χ3n) is 3.58. The Kier molecular flexibility index (Phi) is 5.10. The summed E-state index contributed by atoms with van der Waals surface area (Å²) in [6.07, 6.45) is 2.85. The minimum absolute atomic E-state index is 0.135. The topological polar surface area (TPSA) is 106 Å². The van der Waals surface area contributed by atoms with Crippen LogP contribution in [0.3, 0.4) is 0 Å². The number of carbonyl (C=O) groups excluding carboxylic acids is 2. The number of primary amides is 1. The maximum atomic E-state index is 11.9. The van der Waals surface area contributed by atoms with E-state index in [1.807, 2.05) is 9.80 Å². The van der Waals surface area contributed by atoms with Crippen LogP contribution in [0.15, 0.2) is 18.3 Å². The van der Waals surface area contributed by atoms with E-state index in [4.69, 9.17) is 11.5 Å². The molecule has 0 aromatic carbocycles. The maximum absolute atomic E-state index is 11.9. The zero-order valence-electron chi connectivity index (χ0n) is 12.0. The number of rotatable bonds is 5.